The van der Waals surface area contributed by atoms with Gasteiger partial charge in [-0.1, -0.05) is 31.9 Å². The van der Waals surface area contributed by atoms with Crippen LogP contribution in [-0.2, 0) is 9.47 Å². The second kappa shape index (κ2) is 10.3. The molecule has 1 aliphatic rings. The maximum absolute atomic E-state index is 9.85. The number of aliphatic hydroxyl groups excluding tert-OH is 3. The van der Waals surface area contributed by atoms with Crippen molar-refractivity contribution in [3.05, 3.63) is 12.2 Å². The van der Waals surface area contributed by atoms with Gasteiger partial charge in [0, 0.05) is 0 Å². The number of rotatable bonds is 9. The molecule has 0 radical (unpaired) electrons. The number of hydrogen-bond acceptors (Lipinski definition) is 5. The van der Waals surface area contributed by atoms with Crippen LogP contribution in [0.25, 0.3) is 0 Å². The molecule has 0 saturated carbocycles. The molecule has 0 aromatic heterocycles. The van der Waals surface area contributed by atoms with E-state index in [0.717, 1.165) is 12.8 Å². The molecular weight excluding hydrogens is 260 g/mol. The van der Waals surface area contributed by atoms with Crippen LogP contribution in [0.2, 0.25) is 0 Å². The Morgan fingerprint density at radius 1 is 1.15 bits per heavy atom. The average Bonchev–Trinajstić information content (AvgIpc) is 2.46. The third-order valence-electron chi connectivity index (χ3n) is 3.52. The Labute approximate surface area is 121 Å². The van der Waals surface area contributed by atoms with E-state index in [-0.39, 0.29) is 13.2 Å². The summed E-state index contributed by atoms with van der Waals surface area (Å²) in [6, 6.07) is 0. The van der Waals surface area contributed by atoms with Crippen LogP contribution in [0.1, 0.15) is 39.0 Å². The third-order valence-corrected chi connectivity index (χ3v) is 3.52. The summed E-state index contributed by atoms with van der Waals surface area (Å²) >= 11 is 0. The summed E-state index contributed by atoms with van der Waals surface area (Å²) in [5.74, 6) is 0. The van der Waals surface area contributed by atoms with Crippen molar-refractivity contribution in [2.45, 2.75) is 63.4 Å². The van der Waals surface area contributed by atoms with E-state index < -0.39 is 24.4 Å². The topological polar surface area (TPSA) is 79.2 Å². The Bertz CT molecular complexity index is 269. The van der Waals surface area contributed by atoms with Crippen molar-refractivity contribution in [2.24, 2.45) is 0 Å². The molecule has 118 valence electrons. The van der Waals surface area contributed by atoms with Gasteiger partial charge in [0.1, 0.15) is 24.4 Å². The Kier molecular flexibility index (Phi) is 9.05. The van der Waals surface area contributed by atoms with Crippen LogP contribution in [0.5, 0.6) is 0 Å². The SMILES string of the molecule is CCCCC/C=C/CCO[C@@H]1CO[C@@H](CO)[C@H](O)[C@H]1O. The minimum atomic E-state index is -1.09. The summed E-state index contributed by atoms with van der Waals surface area (Å²) in [6.45, 7) is 2.58. The zero-order valence-electron chi connectivity index (χ0n) is 12.3. The van der Waals surface area contributed by atoms with E-state index in [1.165, 1.54) is 19.3 Å². The highest BCUT2D eigenvalue weighted by Crippen LogP contribution is 2.17. The van der Waals surface area contributed by atoms with Gasteiger partial charge in [0.15, 0.2) is 0 Å². The molecule has 3 N–H and O–H groups in total. The maximum atomic E-state index is 9.85. The molecule has 0 spiro atoms. The molecule has 5 heteroatoms. The smallest absolute Gasteiger partial charge is 0.111 e. The van der Waals surface area contributed by atoms with Gasteiger partial charge in [0.25, 0.3) is 0 Å². The van der Waals surface area contributed by atoms with Crippen molar-refractivity contribution in [3.63, 3.8) is 0 Å². The molecule has 1 rings (SSSR count). The Morgan fingerprint density at radius 3 is 2.60 bits per heavy atom. The predicted octanol–water partition coefficient (Wildman–Crippen LogP) is 1.01. The van der Waals surface area contributed by atoms with Crippen LogP contribution in [0, 0.1) is 0 Å². The van der Waals surface area contributed by atoms with Crippen molar-refractivity contribution < 1.29 is 24.8 Å². The molecule has 0 unspecified atom stereocenters. The van der Waals surface area contributed by atoms with Gasteiger partial charge in [-0.2, -0.15) is 0 Å². The Balaban J connectivity index is 2.13. The van der Waals surface area contributed by atoms with Crippen LogP contribution < -0.4 is 0 Å². The highest BCUT2D eigenvalue weighted by atomic mass is 16.6. The van der Waals surface area contributed by atoms with E-state index in [9.17, 15) is 10.2 Å². The molecule has 20 heavy (non-hydrogen) atoms. The average molecular weight is 288 g/mol. The van der Waals surface area contributed by atoms with Crippen LogP contribution >= 0.6 is 0 Å². The van der Waals surface area contributed by atoms with Crippen LogP contribution in [0.4, 0.5) is 0 Å². The van der Waals surface area contributed by atoms with Crippen molar-refractivity contribution in [3.8, 4) is 0 Å². The highest BCUT2D eigenvalue weighted by Gasteiger charge is 2.38. The van der Waals surface area contributed by atoms with E-state index in [0.29, 0.717) is 6.61 Å². The summed E-state index contributed by atoms with van der Waals surface area (Å²) in [7, 11) is 0. The van der Waals surface area contributed by atoms with E-state index in [4.69, 9.17) is 14.6 Å². The maximum Gasteiger partial charge on any atom is 0.111 e. The lowest BCUT2D eigenvalue weighted by Crippen LogP contribution is -2.55. The van der Waals surface area contributed by atoms with Crippen LogP contribution in [0.3, 0.4) is 0 Å². The second-order valence-corrected chi connectivity index (χ2v) is 5.20. The second-order valence-electron chi connectivity index (χ2n) is 5.20. The minimum absolute atomic E-state index is 0.198. The first-order chi connectivity index (χ1) is 9.70. The van der Waals surface area contributed by atoms with Gasteiger partial charge in [0.05, 0.1) is 19.8 Å². The first-order valence-corrected chi connectivity index (χ1v) is 7.55. The zero-order chi connectivity index (χ0) is 14.8. The zero-order valence-corrected chi connectivity index (χ0v) is 12.3. The molecule has 0 aromatic rings. The quantitative estimate of drug-likeness (QED) is 0.436. The molecule has 1 aliphatic heterocycles. The number of ether oxygens (including phenoxy) is 2. The van der Waals surface area contributed by atoms with Gasteiger partial charge in [-0.3, -0.25) is 0 Å². The summed E-state index contributed by atoms with van der Waals surface area (Å²) in [5.41, 5.74) is 0. The lowest BCUT2D eigenvalue weighted by Gasteiger charge is -2.36. The summed E-state index contributed by atoms with van der Waals surface area (Å²) in [5, 5.41) is 28.5. The summed E-state index contributed by atoms with van der Waals surface area (Å²) in [6.07, 6.45) is 6.49. The standard InChI is InChI=1S/C15H28O5/c1-2-3-4-5-6-7-8-9-19-13-11-20-12(10-16)14(17)15(13)18/h6-7,12-18H,2-5,8-11H2,1H3/b7-6+/t12-,13+,14-,15-/m0/s1. The number of hydrogen-bond donors (Lipinski definition) is 3. The molecule has 4 atom stereocenters. The molecule has 0 bridgehead atoms. The fourth-order valence-electron chi connectivity index (χ4n) is 2.20. The number of unbranched alkanes of at least 4 members (excludes halogenated alkanes) is 3. The first-order valence-electron chi connectivity index (χ1n) is 7.55. The molecule has 0 aliphatic carbocycles. The van der Waals surface area contributed by atoms with E-state index in [2.05, 4.69) is 19.1 Å². The van der Waals surface area contributed by atoms with Crippen molar-refractivity contribution in [1.29, 1.82) is 0 Å². The lowest BCUT2D eigenvalue weighted by atomic mass is 10.0. The van der Waals surface area contributed by atoms with E-state index in [1.54, 1.807) is 0 Å². The van der Waals surface area contributed by atoms with Crippen molar-refractivity contribution >= 4 is 0 Å². The fourth-order valence-corrected chi connectivity index (χ4v) is 2.20. The largest absolute Gasteiger partial charge is 0.394 e. The third kappa shape index (κ3) is 5.89. The van der Waals surface area contributed by atoms with Gasteiger partial charge in [-0.05, 0) is 19.3 Å². The van der Waals surface area contributed by atoms with Crippen molar-refractivity contribution in [1.82, 2.24) is 0 Å². The number of aliphatic hydroxyl groups is 3. The van der Waals surface area contributed by atoms with E-state index >= 15 is 0 Å². The molecule has 1 heterocycles. The lowest BCUT2D eigenvalue weighted by molar-refractivity contribution is -0.208. The van der Waals surface area contributed by atoms with Gasteiger partial charge >= 0.3 is 0 Å². The van der Waals surface area contributed by atoms with E-state index in [1.807, 2.05) is 0 Å². The van der Waals surface area contributed by atoms with Gasteiger partial charge in [-0.25, -0.2) is 0 Å². The van der Waals surface area contributed by atoms with Gasteiger partial charge < -0.3 is 24.8 Å². The van der Waals surface area contributed by atoms with Crippen LogP contribution in [0.15, 0.2) is 12.2 Å². The molecular formula is C15H28O5. The first kappa shape index (κ1) is 17.6. The highest BCUT2D eigenvalue weighted by molar-refractivity contribution is 4.88. The Morgan fingerprint density at radius 2 is 1.90 bits per heavy atom. The molecule has 0 amide bonds. The Hall–Kier alpha value is -0.460. The predicted molar refractivity (Wildman–Crippen MR) is 76.5 cm³/mol. The molecule has 1 saturated heterocycles. The van der Waals surface area contributed by atoms with Crippen molar-refractivity contribution in [2.75, 3.05) is 19.8 Å². The molecule has 1 fully saturated rings. The molecule has 0 aromatic carbocycles. The fraction of sp³-hybridized carbons (Fsp3) is 0.867. The van der Waals surface area contributed by atoms with Crippen LogP contribution in [-0.4, -0.2) is 59.6 Å². The number of allylic oxidation sites excluding steroid dienone is 1. The summed E-state index contributed by atoms with van der Waals surface area (Å²) < 4.78 is 10.8. The minimum Gasteiger partial charge on any atom is -0.394 e. The molecule has 5 nitrogen and oxygen atoms in total. The summed E-state index contributed by atoms with van der Waals surface area (Å²) in [4.78, 5) is 0. The normalized spacial score (nSPS) is 31.0. The van der Waals surface area contributed by atoms with Gasteiger partial charge in [-0.15, -0.1) is 0 Å². The van der Waals surface area contributed by atoms with Gasteiger partial charge in [0.2, 0.25) is 0 Å². The monoisotopic (exact) mass is 288 g/mol.